The first-order valence-electron chi connectivity index (χ1n) is 7.34. The van der Waals surface area contributed by atoms with Crippen molar-refractivity contribution in [3.63, 3.8) is 0 Å². The summed E-state index contributed by atoms with van der Waals surface area (Å²) >= 11 is 2.92. The molecule has 130 valence electrons. The van der Waals surface area contributed by atoms with Crippen LogP contribution < -0.4 is 5.73 Å². The van der Waals surface area contributed by atoms with Crippen molar-refractivity contribution >= 4 is 30.2 Å². The first kappa shape index (κ1) is 20.3. The van der Waals surface area contributed by atoms with Crippen LogP contribution in [-0.2, 0) is 15.8 Å². The minimum atomic E-state index is -3.67. The van der Waals surface area contributed by atoms with Crippen molar-refractivity contribution in [2.24, 2.45) is 5.73 Å². The lowest BCUT2D eigenvalue weighted by atomic mass is 10.0. The van der Waals surface area contributed by atoms with E-state index in [9.17, 15) is 13.6 Å². The van der Waals surface area contributed by atoms with E-state index in [0.717, 1.165) is 0 Å². The van der Waals surface area contributed by atoms with Crippen molar-refractivity contribution in [2.45, 2.75) is 56.3 Å². The lowest BCUT2D eigenvalue weighted by Crippen LogP contribution is -2.41. The molecule has 1 atom stereocenters. The molecule has 2 N–H and O–H groups in total. The summed E-state index contributed by atoms with van der Waals surface area (Å²) in [7, 11) is -2.01. The average molecular weight is 408 g/mol. The Hall–Kier alpha value is -0.793. The highest BCUT2D eigenvalue weighted by atomic mass is 79.9. The summed E-state index contributed by atoms with van der Waals surface area (Å²) in [6.45, 7) is 10.8. The quantitative estimate of drug-likeness (QED) is 0.545. The zero-order valence-corrected chi connectivity index (χ0v) is 16.7. The number of alkyl halides is 3. The van der Waals surface area contributed by atoms with Gasteiger partial charge in [0.15, 0.2) is 8.32 Å². The maximum Gasteiger partial charge on any atom is 0.340 e. The average Bonchev–Trinajstić information content (AvgIpc) is 2.43. The summed E-state index contributed by atoms with van der Waals surface area (Å²) in [6.07, 6.45) is 0. The van der Waals surface area contributed by atoms with E-state index in [-0.39, 0.29) is 11.6 Å². The van der Waals surface area contributed by atoms with Gasteiger partial charge in [-0.25, -0.2) is 0 Å². The lowest BCUT2D eigenvalue weighted by molar-refractivity contribution is -0.141. The van der Waals surface area contributed by atoms with Gasteiger partial charge in [-0.3, -0.25) is 4.79 Å². The van der Waals surface area contributed by atoms with Gasteiger partial charge in [0.2, 0.25) is 0 Å². The summed E-state index contributed by atoms with van der Waals surface area (Å²) in [5.41, 5.74) is 5.76. The molecule has 0 unspecified atom stereocenters. The molecule has 0 aliphatic heterocycles. The van der Waals surface area contributed by atoms with Gasteiger partial charge in [0.05, 0.1) is 6.61 Å². The number of hydrogen-bond acceptors (Lipinski definition) is 2. The summed E-state index contributed by atoms with van der Waals surface area (Å²) < 4.78 is 33.9. The number of benzene rings is 1. The summed E-state index contributed by atoms with van der Waals surface area (Å²) in [5.74, 6) is -5.33. The smallest absolute Gasteiger partial charge is 0.340 e. The number of rotatable bonds is 6. The predicted molar refractivity (Wildman–Crippen MR) is 94.2 cm³/mol. The highest BCUT2D eigenvalue weighted by Crippen LogP contribution is 2.41. The maximum atomic E-state index is 13.9. The molecule has 1 aromatic carbocycles. The molecule has 3 nitrogen and oxygen atoms in total. The second-order valence-corrected chi connectivity index (χ2v) is 12.8. The molecular weight excluding hydrogens is 384 g/mol. The zero-order chi connectivity index (χ0) is 18.1. The number of hydrogen-bond donors (Lipinski definition) is 1. The van der Waals surface area contributed by atoms with Crippen LogP contribution in [0.15, 0.2) is 24.3 Å². The third-order valence-electron chi connectivity index (χ3n) is 4.37. The molecule has 0 saturated heterocycles. The van der Waals surface area contributed by atoms with Crippen LogP contribution in [0.5, 0.6) is 0 Å². The molecule has 0 saturated carbocycles. The molecule has 0 radical (unpaired) electrons. The van der Waals surface area contributed by atoms with Crippen LogP contribution in [0.2, 0.25) is 18.1 Å². The van der Waals surface area contributed by atoms with Gasteiger partial charge in [-0.2, -0.15) is 8.78 Å². The minimum Gasteiger partial charge on any atom is -0.413 e. The maximum absolute atomic E-state index is 13.9. The summed E-state index contributed by atoms with van der Waals surface area (Å²) in [6, 6.07) is 6.70. The second-order valence-electron chi connectivity index (χ2n) is 7.10. The van der Waals surface area contributed by atoms with Crippen LogP contribution in [0.25, 0.3) is 0 Å². The van der Waals surface area contributed by atoms with E-state index >= 15 is 0 Å². The Kier molecular flexibility index (Phi) is 6.15. The standard InChI is InChI=1S/C16H24BrF2NO2Si/c1-15(2,3)23(4,5)22-10-11-8-6-7-9-12(11)13(17)16(18,19)14(20)21/h6-9,13H,10H2,1-5H3,(H2,20,21)/t13-/m1/s1. The molecule has 1 amide bonds. The van der Waals surface area contributed by atoms with E-state index in [1.165, 1.54) is 0 Å². The first-order chi connectivity index (χ1) is 10.3. The molecule has 7 heteroatoms. The number of primary amides is 1. The fraction of sp³-hybridized carbons (Fsp3) is 0.562. The number of amides is 1. The van der Waals surface area contributed by atoms with Crippen LogP contribution in [-0.4, -0.2) is 20.1 Å². The van der Waals surface area contributed by atoms with Gasteiger partial charge in [0.1, 0.15) is 4.83 Å². The molecule has 0 aliphatic carbocycles. The van der Waals surface area contributed by atoms with Crippen LogP contribution in [0.3, 0.4) is 0 Å². The third-order valence-corrected chi connectivity index (χ3v) is 9.92. The summed E-state index contributed by atoms with van der Waals surface area (Å²) in [5, 5.41) is 0.0207. The van der Waals surface area contributed by atoms with E-state index in [4.69, 9.17) is 10.2 Å². The topological polar surface area (TPSA) is 52.3 Å². The van der Waals surface area contributed by atoms with Crippen molar-refractivity contribution in [1.29, 1.82) is 0 Å². The molecule has 1 rings (SSSR count). The number of carbonyl (C=O) groups excluding carboxylic acids is 1. The molecular formula is C16H24BrF2NO2Si. The van der Waals surface area contributed by atoms with Crippen LogP contribution in [0.1, 0.15) is 36.7 Å². The largest absolute Gasteiger partial charge is 0.413 e. The fourth-order valence-electron chi connectivity index (χ4n) is 1.71. The normalized spacial score (nSPS) is 14.6. The molecule has 0 fully saturated rings. The van der Waals surface area contributed by atoms with E-state index in [2.05, 4.69) is 49.8 Å². The molecule has 1 aromatic rings. The van der Waals surface area contributed by atoms with E-state index < -0.39 is 25.0 Å². The molecule has 0 spiro atoms. The van der Waals surface area contributed by atoms with Crippen LogP contribution >= 0.6 is 15.9 Å². The summed E-state index contributed by atoms with van der Waals surface area (Å²) in [4.78, 5) is 9.53. The van der Waals surface area contributed by atoms with E-state index in [0.29, 0.717) is 11.1 Å². The van der Waals surface area contributed by atoms with Crippen molar-refractivity contribution in [2.75, 3.05) is 0 Å². The Balaban J connectivity index is 3.06. The highest BCUT2D eigenvalue weighted by Gasteiger charge is 2.46. The van der Waals surface area contributed by atoms with Crippen molar-refractivity contribution in [1.82, 2.24) is 0 Å². The van der Waals surface area contributed by atoms with Crippen LogP contribution in [0.4, 0.5) is 8.78 Å². The Morgan fingerprint density at radius 3 is 2.30 bits per heavy atom. The monoisotopic (exact) mass is 407 g/mol. The molecule has 0 aliphatic rings. The Morgan fingerprint density at radius 1 is 1.30 bits per heavy atom. The zero-order valence-electron chi connectivity index (χ0n) is 14.1. The Labute approximate surface area is 145 Å². The van der Waals surface area contributed by atoms with Gasteiger partial charge < -0.3 is 10.2 Å². The number of carbonyl (C=O) groups is 1. The van der Waals surface area contributed by atoms with Gasteiger partial charge in [-0.15, -0.1) is 0 Å². The number of nitrogens with two attached hydrogens (primary N) is 1. The van der Waals surface area contributed by atoms with Gasteiger partial charge in [-0.05, 0) is 29.3 Å². The Bertz CT molecular complexity index is 573. The van der Waals surface area contributed by atoms with Gasteiger partial charge >= 0.3 is 5.92 Å². The van der Waals surface area contributed by atoms with E-state index in [1.807, 2.05) is 0 Å². The fourth-order valence-corrected chi connectivity index (χ4v) is 3.33. The van der Waals surface area contributed by atoms with E-state index in [1.54, 1.807) is 24.3 Å². The Morgan fingerprint density at radius 2 is 1.83 bits per heavy atom. The minimum absolute atomic E-state index is 0.0207. The van der Waals surface area contributed by atoms with Gasteiger partial charge in [-0.1, -0.05) is 61.0 Å². The second kappa shape index (κ2) is 6.99. The van der Waals surface area contributed by atoms with Crippen molar-refractivity contribution < 1.29 is 18.0 Å². The van der Waals surface area contributed by atoms with Crippen molar-refractivity contribution in [3.8, 4) is 0 Å². The van der Waals surface area contributed by atoms with Gasteiger partial charge in [0, 0.05) is 0 Å². The van der Waals surface area contributed by atoms with Crippen molar-refractivity contribution in [3.05, 3.63) is 35.4 Å². The van der Waals surface area contributed by atoms with Gasteiger partial charge in [0.25, 0.3) is 5.91 Å². The lowest BCUT2D eigenvalue weighted by Gasteiger charge is -2.36. The molecule has 23 heavy (non-hydrogen) atoms. The molecule has 0 bridgehead atoms. The first-order valence-corrected chi connectivity index (χ1v) is 11.2. The highest BCUT2D eigenvalue weighted by molar-refractivity contribution is 9.09. The third kappa shape index (κ3) is 4.61. The molecule has 0 aromatic heterocycles. The van der Waals surface area contributed by atoms with Crippen LogP contribution in [0, 0.1) is 0 Å². The molecule has 0 heterocycles. The predicted octanol–water partition coefficient (Wildman–Crippen LogP) is 4.77. The number of halogens is 3. The SMILES string of the molecule is CC(C)(C)[Si](C)(C)OCc1ccccc1[C@@H](Br)C(F)(F)C(N)=O.